The Morgan fingerprint density at radius 2 is 2.16 bits per heavy atom. The molecule has 1 aromatic carbocycles. The molecule has 0 aliphatic rings. The van der Waals surface area contributed by atoms with Gasteiger partial charge in [-0.25, -0.2) is 14.4 Å². The van der Waals surface area contributed by atoms with E-state index in [1.807, 2.05) is 0 Å². The second-order valence-electron chi connectivity index (χ2n) is 3.99. The van der Waals surface area contributed by atoms with Gasteiger partial charge in [0.05, 0.1) is 0 Å². The van der Waals surface area contributed by atoms with Crippen LogP contribution >= 0.6 is 15.9 Å². The van der Waals surface area contributed by atoms with Crippen molar-refractivity contribution in [3.8, 4) is 0 Å². The molecule has 0 unspecified atom stereocenters. The van der Waals surface area contributed by atoms with Gasteiger partial charge in [-0.3, -0.25) is 0 Å². The predicted molar refractivity (Wildman–Crippen MR) is 76.2 cm³/mol. The first-order valence-corrected chi connectivity index (χ1v) is 6.68. The number of halogens is 2. The molecule has 3 N–H and O–H groups in total. The lowest BCUT2D eigenvalue weighted by Gasteiger charge is -2.08. The smallest absolute Gasteiger partial charge is 0.131 e. The van der Waals surface area contributed by atoms with Gasteiger partial charge < -0.3 is 11.1 Å². The minimum absolute atomic E-state index is 0.244. The fraction of sp³-hybridized carbons (Fsp3) is 0.231. The Kier molecular flexibility index (Phi) is 4.81. The molecule has 0 aliphatic carbocycles. The highest BCUT2D eigenvalue weighted by atomic mass is 79.9. The number of hydrogen-bond acceptors (Lipinski definition) is 4. The third-order valence-electron chi connectivity index (χ3n) is 2.54. The van der Waals surface area contributed by atoms with Crippen molar-refractivity contribution in [2.75, 3.05) is 11.9 Å². The van der Waals surface area contributed by atoms with E-state index in [0.29, 0.717) is 36.7 Å². The van der Waals surface area contributed by atoms with E-state index in [0.717, 1.165) is 4.47 Å². The van der Waals surface area contributed by atoms with Crippen molar-refractivity contribution in [3.63, 3.8) is 0 Å². The Hall–Kier alpha value is -1.53. The molecule has 1 heterocycles. The van der Waals surface area contributed by atoms with E-state index in [4.69, 9.17) is 5.73 Å². The fourth-order valence-electron chi connectivity index (χ4n) is 1.61. The Morgan fingerprint density at radius 1 is 1.32 bits per heavy atom. The summed E-state index contributed by atoms with van der Waals surface area (Å²) in [5, 5.41) is 3.08. The van der Waals surface area contributed by atoms with Crippen LogP contribution in [0.5, 0.6) is 0 Å². The molecule has 0 saturated carbocycles. The van der Waals surface area contributed by atoms with E-state index >= 15 is 0 Å². The lowest BCUT2D eigenvalue weighted by molar-refractivity contribution is 0.612. The Bertz CT molecular complexity index is 562. The lowest BCUT2D eigenvalue weighted by atomic mass is 10.2. The van der Waals surface area contributed by atoms with Crippen LogP contribution in [-0.2, 0) is 13.0 Å². The molecule has 0 fully saturated rings. The first-order valence-electron chi connectivity index (χ1n) is 5.89. The van der Waals surface area contributed by atoms with Crippen molar-refractivity contribution < 1.29 is 4.39 Å². The van der Waals surface area contributed by atoms with Gasteiger partial charge in [-0.05, 0) is 30.8 Å². The number of anilines is 1. The standard InChI is InChI=1S/C13H14BrFN4/c14-10-1-2-11(15)9(7-10)8-18-13-4-6-17-12(19-13)3-5-16/h1-2,4,6-7H,3,5,8,16H2,(H,17,18,19). The van der Waals surface area contributed by atoms with Crippen LogP contribution in [-0.4, -0.2) is 16.5 Å². The van der Waals surface area contributed by atoms with Gasteiger partial charge in [0.2, 0.25) is 0 Å². The maximum absolute atomic E-state index is 13.6. The van der Waals surface area contributed by atoms with Gasteiger partial charge in [-0.1, -0.05) is 15.9 Å². The van der Waals surface area contributed by atoms with Crippen LogP contribution in [0.2, 0.25) is 0 Å². The van der Waals surface area contributed by atoms with Crippen molar-refractivity contribution in [1.29, 1.82) is 0 Å². The summed E-state index contributed by atoms with van der Waals surface area (Å²) in [7, 11) is 0. The molecule has 2 rings (SSSR count). The third kappa shape index (κ3) is 3.97. The monoisotopic (exact) mass is 324 g/mol. The average Bonchev–Trinajstić information content (AvgIpc) is 2.41. The molecule has 0 radical (unpaired) electrons. The predicted octanol–water partition coefficient (Wildman–Crippen LogP) is 2.49. The molecular formula is C13H14BrFN4. The van der Waals surface area contributed by atoms with Gasteiger partial charge in [0, 0.05) is 29.2 Å². The summed E-state index contributed by atoms with van der Waals surface area (Å²) < 4.78 is 14.4. The number of rotatable bonds is 5. The van der Waals surface area contributed by atoms with Crippen molar-refractivity contribution >= 4 is 21.7 Å². The SMILES string of the molecule is NCCc1nccc(NCc2cc(Br)ccc2F)n1. The number of benzene rings is 1. The second-order valence-corrected chi connectivity index (χ2v) is 4.90. The summed E-state index contributed by atoms with van der Waals surface area (Å²) in [5.74, 6) is 1.10. The molecule has 0 bridgehead atoms. The van der Waals surface area contributed by atoms with Crippen molar-refractivity contribution in [3.05, 3.63) is 52.1 Å². The maximum atomic E-state index is 13.6. The van der Waals surface area contributed by atoms with Gasteiger partial charge in [0.25, 0.3) is 0 Å². The number of nitrogens with one attached hydrogen (secondary N) is 1. The molecule has 1 aromatic heterocycles. The topological polar surface area (TPSA) is 63.8 Å². The molecule has 0 aliphatic heterocycles. The zero-order valence-corrected chi connectivity index (χ0v) is 11.8. The summed E-state index contributed by atoms with van der Waals surface area (Å²) in [6.07, 6.45) is 2.29. The molecule has 0 atom stereocenters. The molecule has 0 amide bonds. The molecule has 4 nitrogen and oxygen atoms in total. The average molecular weight is 325 g/mol. The van der Waals surface area contributed by atoms with E-state index in [2.05, 4.69) is 31.2 Å². The number of nitrogens with zero attached hydrogens (tertiary/aromatic N) is 2. The van der Waals surface area contributed by atoms with Crippen LogP contribution in [0.25, 0.3) is 0 Å². The zero-order chi connectivity index (χ0) is 13.7. The third-order valence-corrected chi connectivity index (χ3v) is 3.03. The summed E-state index contributed by atoms with van der Waals surface area (Å²) in [6, 6.07) is 6.59. The Morgan fingerprint density at radius 3 is 2.95 bits per heavy atom. The van der Waals surface area contributed by atoms with Crippen molar-refractivity contribution in [2.45, 2.75) is 13.0 Å². The van der Waals surface area contributed by atoms with Crippen molar-refractivity contribution in [2.24, 2.45) is 5.73 Å². The largest absolute Gasteiger partial charge is 0.366 e. The van der Waals surface area contributed by atoms with E-state index < -0.39 is 0 Å². The van der Waals surface area contributed by atoms with Crippen LogP contribution < -0.4 is 11.1 Å². The van der Waals surface area contributed by atoms with Gasteiger partial charge in [0.15, 0.2) is 0 Å². The minimum Gasteiger partial charge on any atom is -0.366 e. The Labute approximate surface area is 119 Å². The van der Waals surface area contributed by atoms with Crippen LogP contribution in [0.4, 0.5) is 10.2 Å². The van der Waals surface area contributed by atoms with Crippen LogP contribution in [0.1, 0.15) is 11.4 Å². The van der Waals surface area contributed by atoms with Crippen molar-refractivity contribution in [1.82, 2.24) is 9.97 Å². The number of hydrogen-bond donors (Lipinski definition) is 2. The highest BCUT2D eigenvalue weighted by Gasteiger charge is 2.04. The zero-order valence-electron chi connectivity index (χ0n) is 10.2. The highest BCUT2D eigenvalue weighted by molar-refractivity contribution is 9.10. The van der Waals surface area contributed by atoms with Gasteiger partial charge >= 0.3 is 0 Å². The normalized spacial score (nSPS) is 10.5. The fourth-order valence-corrected chi connectivity index (χ4v) is 2.02. The van der Waals surface area contributed by atoms with Gasteiger partial charge in [0.1, 0.15) is 17.5 Å². The van der Waals surface area contributed by atoms with Gasteiger partial charge in [-0.2, -0.15) is 0 Å². The molecule has 100 valence electrons. The Balaban J connectivity index is 2.05. The van der Waals surface area contributed by atoms with Crippen LogP contribution in [0, 0.1) is 5.82 Å². The summed E-state index contributed by atoms with van der Waals surface area (Å²) in [6.45, 7) is 0.869. The molecule has 6 heteroatoms. The van der Waals surface area contributed by atoms with Crippen LogP contribution in [0.3, 0.4) is 0 Å². The molecular weight excluding hydrogens is 311 g/mol. The van der Waals surface area contributed by atoms with E-state index in [1.54, 1.807) is 24.4 Å². The number of nitrogens with two attached hydrogens (primary N) is 1. The number of aromatic nitrogens is 2. The van der Waals surface area contributed by atoms with Gasteiger partial charge in [-0.15, -0.1) is 0 Å². The molecule has 0 spiro atoms. The minimum atomic E-state index is -0.244. The molecule has 0 saturated heterocycles. The van der Waals surface area contributed by atoms with Crippen LogP contribution in [0.15, 0.2) is 34.9 Å². The summed E-state index contributed by atoms with van der Waals surface area (Å²) in [4.78, 5) is 8.40. The lowest BCUT2D eigenvalue weighted by Crippen LogP contribution is -2.09. The summed E-state index contributed by atoms with van der Waals surface area (Å²) >= 11 is 3.32. The molecule has 19 heavy (non-hydrogen) atoms. The van der Waals surface area contributed by atoms with E-state index in [1.165, 1.54) is 6.07 Å². The quantitative estimate of drug-likeness (QED) is 0.887. The highest BCUT2D eigenvalue weighted by Crippen LogP contribution is 2.16. The van der Waals surface area contributed by atoms with E-state index in [-0.39, 0.29) is 5.82 Å². The second kappa shape index (κ2) is 6.58. The first kappa shape index (κ1) is 13.9. The first-order chi connectivity index (χ1) is 9.19. The molecule has 2 aromatic rings. The van der Waals surface area contributed by atoms with E-state index in [9.17, 15) is 4.39 Å². The summed E-state index contributed by atoms with van der Waals surface area (Å²) in [5.41, 5.74) is 6.03. The maximum Gasteiger partial charge on any atom is 0.131 e.